The maximum atomic E-state index is 11.5. The number of benzene rings is 1. The highest BCUT2D eigenvalue weighted by Gasteiger charge is 2.10. The second kappa shape index (κ2) is 6.03. The summed E-state index contributed by atoms with van der Waals surface area (Å²) in [5.74, 6) is -0.618. The SMILES string of the molecule is COC(=O)CCc1ccc(C)c(C(=O)OC)c1. The van der Waals surface area contributed by atoms with Gasteiger partial charge in [0.25, 0.3) is 0 Å². The highest BCUT2D eigenvalue weighted by molar-refractivity contribution is 5.91. The Hall–Kier alpha value is -1.84. The predicted molar refractivity (Wildman–Crippen MR) is 62.9 cm³/mol. The molecule has 0 aromatic heterocycles. The van der Waals surface area contributed by atoms with Crippen LogP contribution in [0.3, 0.4) is 0 Å². The lowest BCUT2D eigenvalue weighted by Crippen LogP contribution is -2.06. The molecule has 4 nitrogen and oxygen atoms in total. The minimum Gasteiger partial charge on any atom is -0.469 e. The number of methoxy groups -OCH3 is 2. The van der Waals surface area contributed by atoms with Crippen LogP contribution in [-0.4, -0.2) is 26.2 Å². The lowest BCUT2D eigenvalue weighted by Gasteiger charge is -2.06. The van der Waals surface area contributed by atoms with Gasteiger partial charge in [-0.1, -0.05) is 12.1 Å². The zero-order chi connectivity index (χ0) is 12.8. The first-order chi connectivity index (χ1) is 8.08. The van der Waals surface area contributed by atoms with Gasteiger partial charge in [-0.15, -0.1) is 0 Å². The zero-order valence-corrected chi connectivity index (χ0v) is 10.3. The Bertz CT molecular complexity index is 423. The Morgan fingerprint density at radius 1 is 1.18 bits per heavy atom. The molecular weight excluding hydrogens is 220 g/mol. The number of ether oxygens (including phenoxy) is 2. The van der Waals surface area contributed by atoms with Gasteiger partial charge in [-0.25, -0.2) is 4.79 Å². The van der Waals surface area contributed by atoms with Crippen LogP contribution in [-0.2, 0) is 20.7 Å². The standard InChI is InChI=1S/C13H16O4/c1-9-4-5-10(6-7-12(14)16-2)8-11(9)13(15)17-3/h4-5,8H,6-7H2,1-3H3. The highest BCUT2D eigenvalue weighted by atomic mass is 16.5. The Labute approximate surface area is 101 Å². The summed E-state index contributed by atoms with van der Waals surface area (Å²) in [6.45, 7) is 1.84. The molecule has 0 radical (unpaired) electrons. The van der Waals surface area contributed by atoms with Crippen molar-refractivity contribution < 1.29 is 19.1 Å². The Kier molecular flexibility index (Phi) is 4.69. The molecule has 0 heterocycles. The number of esters is 2. The van der Waals surface area contributed by atoms with Crippen LogP contribution in [0.1, 0.15) is 27.9 Å². The summed E-state index contributed by atoms with van der Waals surface area (Å²) in [5.41, 5.74) is 2.31. The van der Waals surface area contributed by atoms with Gasteiger partial charge in [0.2, 0.25) is 0 Å². The summed E-state index contributed by atoms with van der Waals surface area (Å²) in [6, 6.07) is 5.49. The first-order valence-corrected chi connectivity index (χ1v) is 5.33. The number of rotatable bonds is 4. The Morgan fingerprint density at radius 3 is 2.47 bits per heavy atom. The molecule has 0 amide bonds. The van der Waals surface area contributed by atoms with Crippen LogP contribution in [0.2, 0.25) is 0 Å². The average Bonchev–Trinajstić information content (AvgIpc) is 2.36. The molecule has 1 rings (SSSR count). The second-order valence-electron chi connectivity index (χ2n) is 3.72. The third kappa shape index (κ3) is 3.59. The normalized spacial score (nSPS) is 9.82. The molecule has 1 aromatic rings. The van der Waals surface area contributed by atoms with Crippen molar-refractivity contribution in [2.75, 3.05) is 14.2 Å². The van der Waals surface area contributed by atoms with E-state index in [1.165, 1.54) is 14.2 Å². The molecule has 1 aromatic carbocycles. The van der Waals surface area contributed by atoms with Gasteiger partial charge in [-0.3, -0.25) is 4.79 Å². The molecule has 0 aliphatic rings. The lowest BCUT2D eigenvalue weighted by molar-refractivity contribution is -0.140. The molecule has 0 saturated carbocycles. The summed E-state index contributed by atoms with van der Waals surface area (Å²) >= 11 is 0. The maximum Gasteiger partial charge on any atom is 0.338 e. The number of carbonyl (C=O) groups excluding carboxylic acids is 2. The van der Waals surface area contributed by atoms with E-state index in [-0.39, 0.29) is 11.9 Å². The average molecular weight is 236 g/mol. The summed E-state index contributed by atoms with van der Waals surface area (Å²) in [5, 5.41) is 0. The third-order valence-electron chi connectivity index (χ3n) is 2.55. The van der Waals surface area contributed by atoms with Crippen LogP contribution in [0.5, 0.6) is 0 Å². The topological polar surface area (TPSA) is 52.6 Å². The fourth-order valence-corrected chi connectivity index (χ4v) is 1.50. The van der Waals surface area contributed by atoms with Gasteiger partial charge in [-0.2, -0.15) is 0 Å². The highest BCUT2D eigenvalue weighted by Crippen LogP contribution is 2.14. The van der Waals surface area contributed by atoms with Crippen molar-refractivity contribution in [3.8, 4) is 0 Å². The fourth-order valence-electron chi connectivity index (χ4n) is 1.50. The minimum atomic E-state index is -0.359. The molecule has 17 heavy (non-hydrogen) atoms. The van der Waals surface area contributed by atoms with Gasteiger partial charge in [0, 0.05) is 6.42 Å². The van der Waals surface area contributed by atoms with Crippen molar-refractivity contribution in [2.24, 2.45) is 0 Å². The minimum absolute atomic E-state index is 0.259. The first kappa shape index (κ1) is 13.2. The Balaban J connectivity index is 2.81. The smallest absolute Gasteiger partial charge is 0.338 e. The fraction of sp³-hybridized carbons (Fsp3) is 0.385. The summed E-state index contributed by atoms with van der Waals surface area (Å²) < 4.78 is 9.25. The van der Waals surface area contributed by atoms with E-state index in [2.05, 4.69) is 9.47 Å². The van der Waals surface area contributed by atoms with Gasteiger partial charge in [0.15, 0.2) is 0 Å². The van der Waals surface area contributed by atoms with Gasteiger partial charge in [0.1, 0.15) is 0 Å². The predicted octanol–water partition coefficient (Wildman–Crippen LogP) is 1.89. The molecule has 0 bridgehead atoms. The Morgan fingerprint density at radius 2 is 1.88 bits per heavy atom. The molecule has 92 valence electrons. The van der Waals surface area contributed by atoms with E-state index in [4.69, 9.17) is 0 Å². The van der Waals surface area contributed by atoms with Crippen molar-refractivity contribution in [2.45, 2.75) is 19.8 Å². The van der Waals surface area contributed by atoms with Crippen LogP contribution < -0.4 is 0 Å². The monoisotopic (exact) mass is 236 g/mol. The second-order valence-corrected chi connectivity index (χ2v) is 3.72. The first-order valence-electron chi connectivity index (χ1n) is 5.33. The van der Waals surface area contributed by atoms with E-state index in [9.17, 15) is 9.59 Å². The van der Waals surface area contributed by atoms with Gasteiger partial charge < -0.3 is 9.47 Å². The van der Waals surface area contributed by atoms with Crippen LogP contribution in [0.25, 0.3) is 0 Å². The van der Waals surface area contributed by atoms with Gasteiger partial charge in [-0.05, 0) is 30.5 Å². The van der Waals surface area contributed by atoms with Gasteiger partial charge in [0.05, 0.1) is 19.8 Å². The lowest BCUT2D eigenvalue weighted by atomic mass is 10.0. The molecule has 0 N–H and O–H groups in total. The number of carbonyl (C=O) groups is 2. The van der Waals surface area contributed by atoms with E-state index in [1.54, 1.807) is 6.07 Å². The van der Waals surface area contributed by atoms with E-state index >= 15 is 0 Å². The van der Waals surface area contributed by atoms with Crippen molar-refractivity contribution in [3.05, 3.63) is 34.9 Å². The number of hydrogen-bond donors (Lipinski definition) is 0. The molecular formula is C13H16O4. The van der Waals surface area contributed by atoms with Crippen LogP contribution >= 0.6 is 0 Å². The summed E-state index contributed by atoms with van der Waals surface area (Å²) in [7, 11) is 2.71. The third-order valence-corrected chi connectivity index (χ3v) is 2.55. The summed E-state index contributed by atoms with van der Waals surface area (Å²) in [4.78, 5) is 22.5. The quantitative estimate of drug-likeness (QED) is 0.749. The maximum absolute atomic E-state index is 11.5. The molecule has 0 aliphatic heterocycles. The van der Waals surface area contributed by atoms with E-state index < -0.39 is 0 Å². The van der Waals surface area contributed by atoms with Gasteiger partial charge >= 0.3 is 11.9 Å². The molecule has 4 heteroatoms. The molecule has 0 fully saturated rings. The summed E-state index contributed by atoms with van der Waals surface area (Å²) in [6.07, 6.45) is 0.858. The molecule has 0 aliphatic carbocycles. The van der Waals surface area contributed by atoms with Crippen molar-refractivity contribution in [1.82, 2.24) is 0 Å². The van der Waals surface area contributed by atoms with Crippen molar-refractivity contribution in [3.63, 3.8) is 0 Å². The molecule has 0 saturated heterocycles. The molecule has 0 spiro atoms. The zero-order valence-electron chi connectivity index (χ0n) is 10.3. The van der Waals surface area contributed by atoms with E-state index in [0.717, 1.165) is 11.1 Å². The molecule has 0 unspecified atom stereocenters. The van der Waals surface area contributed by atoms with Crippen molar-refractivity contribution >= 4 is 11.9 Å². The van der Waals surface area contributed by atoms with E-state index in [0.29, 0.717) is 18.4 Å². The largest absolute Gasteiger partial charge is 0.469 e. The van der Waals surface area contributed by atoms with Crippen LogP contribution in [0, 0.1) is 6.92 Å². The number of aryl methyl sites for hydroxylation is 2. The van der Waals surface area contributed by atoms with Crippen LogP contribution in [0.4, 0.5) is 0 Å². The molecule has 0 atom stereocenters. The van der Waals surface area contributed by atoms with Crippen LogP contribution in [0.15, 0.2) is 18.2 Å². The van der Waals surface area contributed by atoms with E-state index in [1.807, 2.05) is 19.1 Å². The van der Waals surface area contributed by atoms with Crippen molar-refractivity contribution in [1.29, 1.82) is 0 Å². The number of hydrogen-bond acceptors (Lipinski definition) is 4.